The topological polar surface area (TPSA) is 46.2 Å². The molecule has 1 aliphatic heterocycles. The lowest BCUT2D eigenvalue weighted by molar-refractivity contribution is 0.554. The van der Waals surface area contributed by atoms with E-state index in [4.69, 9.17) is 0 Å². The lowest BCUT2D eigenvalue weighted by Crippen LogP contribution is -2.29. The molecule has 3 nitrogen and oxygen atoms in total. The van der Waals surface area contributed by atoms with Crippen molar-refractivity contribution in [3.63, 3.8) is 0 Å². The molecule has 1 aromatic rings. The van der Waals surface area contributed by atoms with Gasteiger partial charge in [-0.15, -0.1) is 0 Å². The van der Waals surface area contributed by atoms with Crippen LogP contribution in [-0.2, 0) is 16.4 Å². The third kappa shape index (κ3) is 3.56. The van der Waals surface area contributed by atoms with E-state index in [2.05, 4.69) is 43.4 Å². The molecule has 0 bridgehead atoms. The van der Waals surface area contributed by atoms with E-state index in [1.165, 1.54) is 11.1 Å². The van der Waals surface area contributed by atoms with Gasteiger partial charge in [-0.1, -0.05) is 38.1 Å². The third-order valence-corrected chi connectivity index (χ3v) is 5.24. The molecular weight excluding hydrogens is 246 g/mol. The van der Waals surface area contributed by atoms with Crippen LogP contribution in [0.2, 0.25) is 0 Å². The van der Waals surface area contributed by atoms with Gasteiger partial charge in [0.2, 0.25) is 0 Å². The summed E-state index contributed by atoms with van der Waals surface area (Å²) in [5, 5.41) is 3.32. The average molecular weight is 267 g/mol. The highest BCUT2D eigenvalue weighted by molar-refractivity contribution is 7.91. The summed E-state index contributed by atoms with van der Waals surface area (Å²) in [5.41, 5.74) is 2.55. The molecule has 0 aromatic heterocycles. The van der Waals surface area contributed by atoms with Gasteiger partial charge in [0.1, 0.15) is 0 Å². The van der Waals surface area contributed by atoms with E-state index in [1.54, 1.807) is 0 Å². The lowest BCUT2D eigenvalue weighted by Gasteiger charge is -2.11. The average Bonchev–Trinajstić information content (AvgIpc) is 2.67. The zero-order valence-corrected chi connectivity index (χ0v) is 11.8. The highest BCUT2D eigenvalue weighted by Crippen LogP contribution is 2.15. The van der Waals surface area contributed by atoms with Gasteiger partial charge < -0.3 is 5.32 Å². The van der Waals surface area contributed by atoms with Gasteiger partial charge in [0.15, 0.2) is 9.84 Å². The molecule has 0 amide bonds. The Bertz CT molecular complexity index is 491. The Morgan fingerprint density at radius 3 is 2.44 bits per heavy atom. The molecule has 18 heavy (non-hydrogen) atoms. The molecule has 1 saturated heterocycles. The predicted octanol–water partition coefficient (Wildman–Crippen LogP) is 2.09. The predicted molar refractivity (Wildman–Crippen MR) is 74.4 cm³/mol. The largest absolute Gasteiger partial charge is 0.309 e. The Labute approximate surface area is 110 Å². The SMILES string of the molecule is CC(C)c1ccc(CN[C@H]2CCS(=O)(=O)C2)cc1. The molecule has 0 aliphatic carbocycles. The van der Waals surface area contributed by atoms with Gasteiger partial charge in [-0.25, -0.2) is 8.42 Å². The van der Waals surface area contributed by atoms with Gasteiger partial charge in [0.25, 0.3) is 0 Å². The normalized spacial score (nSPS) is 22.5. The summed E-state index contributed by atoms with van der Waals surface area (Å²) in [6, 6.07) is 8.65. The third-order valence-electron chi connectivity index (χ3n) is 3.47. The smallest absolute Gasteiger partial charge is 0.151 e. The first-order chi connectivity index (χ1) is 8.46. The first kappa shape index (κ1) is 13.6. The van der Waals surface area contributed by atoms with E-state index < -0.39 is 9.84 Å². The Hall–Kier alpha value is -0.870. The van der Waals surface area contributed by atoms with Crippen LogP contribution in [0.15, 0.2) is 24.3 Å². The van der Waals surface area contributed by atoms with Crippen molar-refractivity contribution in [1.29, 1.82) is 0 Å². The summed E-state index contributed by atoms with van der Waals surface area (Å²) >= 11 is 0. The van der Waals surface area contributed by atoms with E-state index in [0.29, 0.717) is 11.7 Å². The van der Waals surface area contributed by atoms with E-state index in [9.17, 15) is 8.42 Å². The standard InChI is InChI=1S/C14H21NO2S/c1-11(2)13-5-3-12(4-6-13)9-15-14-7-8-18(16,17)10-14/h3-6,11,14-15H,7-10H2,1-2H3/t14-/m0/s1. The monoisotopic (exact) mass is 267 g/mol. The number of hydrogen-bond acceptors (Lipinski definition) is 3. The molecule has 1 aliphatic rings. The number of nitrogens with one attached hydrogen (secondary N) is 1. The Balaban J connectivity index is 1.87. The fraction of sp³-hybridized carbons (Fsp3) is 0.571. The minimum atomic E-state index is -2.78. The quantitative estimate of drug-likeness (QED) is 0.908. The van der Waals surface area contributed by atoms with Crippen LogP contribution >= 0.6 is 0 Å². The summed E-state index contributed by atoms with van der Waals surface area (Å²) in [5.74, 6) is 1.17. The van der Waals surface area contributed by atoms with Crippen molar-refractivity contribution in [2.45, 2.75) is 38.8 Å². The Morgan fingerprint density at radius 1 is 1.28 bits per heavy atom. The van der Waals surface area contributed by atoms with Crippen molar-refractivity contribution < 1.29 is 8.42 Å². The van der Waals surface area contributed by atoms with Gasteiger partial charge in [-0.2, -0.15) is 0 Å². The molecule has 1 N–H and O–H groups in total. The first-order valence-electron chi connectivity index (χ1n) is 6.49. The summed E-state index contributed by atoms with van der Waals surface area (Å²) in [6.45, 7) is 5.10. The zero-order valence-electron chi connectivity index (χ0n) is 11.0. The van der Waals surface area contributed by atoms with Gasteiger partial charge in [0, 0.05) is 12.6 Å². The molecular formula is C14H21NO2S. The molecule has 1 fully saturated rings. The molecule has 1 aromatic carbocycles. The van der Waals surface area contributed by atoms with E-state index in [1.807, 2.05) is 0 Å². The van der Waals surface area contributed by atoms with Crippen LogP contribution in [0.5, 0.6) is 0 Å². The lowest BCUT2D eigenvalue weighted by atomic mass is 10.0. The Morgan fingerprint density at radius 2 is 1.94 bits per heavy atom. The van der Waals surface area contributed by atoms with Crippen molar-refractivity contribution in [1.82, 2.24) is 5.32 Å². The zero-order chi connectivity index (χ0) is 13.2. The molecule has 1 atom stereocenters. The fourth-order valence-corrected chi connectivity index (χ4v) is 3.95. The summed E-state index contributed by atoms with van der Waals surface area (Å²) < 4.78 is 22.7. The van der Waals surface area contributed by atoms with Crippen LogP contribution in [0.3, 0.4) is 0 Å². The van der Waals surface area contributed by atoms with Crippen LogP contribution in [0, 0.1) is 0 Å². The molecule has 0 unspecified atom stereocenters. The fourth-order valence-electron chi connectivity index (χ4n) is 2.24. The van der Waals surface area contributed by atoms with Crippen LogP contribution in [0.4, 0.5) is 0 Å². The van der Waals surface area contributed by atoms with Crippen molar-refractivity contribution >= 4 is 9.84 Å². The maximum Gasteiger partial charge on any atom is 0.151 e. The maximum atomic E-state index is 11.3. The second-order valence-corrected chi connectivity index (χ2v) is 7.61. The summed E-state index contributed by atoms with van der Waals surface area (Å²) in [7, 11) is -2.78. The number of rotatable bonds is 4. The Kier molecular flexibility index (Phi) is 4.07. The van der Waals surface area contributed by atoms with Crippen LogP contribution in [0.25, 0.3) is 0 Å². The van der Waals surface area contributed by atoms with Gasteiger partial charge in [-0.05, 0) is 23.5 Å². The molecule has 2 rings (SSSR count). The molecule has 0 saturated carbocycles. The van der Waals surface area contributed by atoms with Gasteiger partial charge >= 0.3 is 0 Å². The van der Waals surface area contributed by atoms with E-state index in [0.717, 1.165) is 13.0 Å². The molecule has 0 radical (unpaired) electrons. The van der Waals surface area contributed by atoms with Crippen LogP contribution in [-0.4, -0.2) is 26.0 Å². The highest BCUT2D eigenvalue weighted by Gasteiger charge is 2.27. The number of benzene rings is 1. The van der Waals surface area contributed by atoms with Crippen molar-refractivity contribution in [2.24, 2.45) is 0 Å². The summed E-state index contributed by atoms with van der Waals surface area (Å²) in [4.78, 5) is 0. The molecule has 100 valence electrons. The van der Waals surface area contributed by atoms with Crippen LogP contribution in [0.1, 0.15) is 37.3 Å². The van der Waals surface area contributed by atoms with E-state index in [-0.39, 0.29) is 11.8 Å². The second kappa shape index (κ2) is 5.41. The minimum Gasteiger partial charge on any atom is -0.309 e. The number of sulfone groups is 1. The van der Waals surface area contributed by atoms with Crippen molar-refractivity contribution in [3.8, 4) is 0 Å². The van der Waals surface area contributed by atoms with Crippen molar-refractivity contribution in [2.75, 3.05) is 11.5 Å². The summed E-state index contributed by atoms with van der Waals surface area (Å²) in [6.07, 6.45) is 0.742. The van der Waals surface area contributed by atoms with Crippen molar-refractivity contribution in [3.05, 3.63) is 35.4 Å². The maximum absolute atomic E-state index is 11.3. The number of hydrogen-bond donors (Lipinski definition) is 1. The van der Waals surface area contributed by atoms with E-state index >= 15 is 0 Å². The highest BCUT2D eigenvalue weighted by atomic mass is 32.2. The second-order valence-electron chi connectivity index (χ2n) is 5.38. The van der Waals surface area contributed by atoms with Gasteiger partial charge in [0.05, 0.1) is 11.5 Å². The van der Waals surface area contributed by atoms with Crippen LogP contribution < -0.4 is 5.32 Å². The molecule has 1 heterocycles. The van der Waals surface area contributed by atoms with Gasteiger partial charge in [-0.3, -0.25) is 0 Å². The minimum absolute atomic E-state index is 0.125. The molecule has 4 heteroatoms. The molecule has 0 spiro atoms. The first-order valence-corrected chi connectivity index (χ1v) is 8.31.